The molecule has 0 aliphatic heterocycles. The Labute approximate surface area is 197 Å². The molecule has 3 aromatic carbocycles. The molecule has 0 unspecified atom stereocenters. The number of alkyl halides is 3. The van der Waals surface area contributed by atoms with Crippen LogP contribution >= 0.6 is 11.6 Å². The van der Waals surface area contributed by atoms with Crippen molar-refractivity contribution in [2.24, 2.45) is 0 Å². The first kappa shape index (κ1) is 23.2. The van der Waals surface area contributed by atoms with E-state index in [2.05, 4.69) is 20.7 Å². The molecule has 1 heterocycles. The molecule has 0 atom stereocenters. The minimum atomic E-state index is -4.41. The van der Waals surface area contributed by atoms with Crippen LogP contribution in [0.5, 0.6) is 5.75 Å². The average molecular weight is 488 g/mol. The van der Waals surface area contributed by atoms with Gasteiger partial charge in [0.1, 0.15) is 18.9 Å². The van der Waals surface area contributed by atoms with Crippen LogP contribution in [0.4, 0.5) is 18.9 Å². The zero-order valence-electron chi connectivity index (χ0n) is 17.5. The van der Waals surface area contributed by atoms with Gasteiger partial charge in [-0.1, -0.05) is 35.9 Å². The Morgan fingerprint density at radius 3 is 2.53 bits per heavy atom. The minimum Gasteiger partial charge on any atom is -0.489 e. The van der Waals surface area contributed by atoms with Gasteiger partial charge in [0.05, 0.1) is 16.3 Å². The highest BCUT2D eigenvalue weighted by molar-refractivity contribution is 6.33. The Bertz CT molecular complexity index is 1290. The van der Waals surface area contributed by atoms with Gasteiger partial charge in [-0.05, 0) is 59.3 Å². The first-order valence-electron chi connectivity index (χ1n) is 9.99. The first-order valence-corrected chi connectivity index (χ1v) is 10.4. The molecule has 174 valence electrons. The van der Waals surface area contributed by atoms with Gasteiger partial charge in [-0.2, -0.15) is 18.0 Å². The third kappa shape index (κ3) is 5.90. The third-order valence-corrected chi connectivity index (χ3v) is 4.99. The summed E-state index contributed by atoms with van der Waals surface area (Å²) in [6.45, 7) is -0.172. The van der Waals surface area contributed by atoms with Gasteiger partial charge in [0.2, 0.25) is 11.7 Å². The second-order valence-corrected chi connectivity index (χ2v) is 7.59. The Morgan fingerprint density at radius 2 is 1.79 bits per heavy atom. The number of halogens is 4. The van der Waals surface area contributed by atoms with Crippen molar-refractivity contribution in [3.63, 3.8) is 0 Å². The molecule has 0 bridgehead atoms. The summed E-state index contributed by atoms with van der Waals surface area (Å²) >= 11 is 6.03. The Hall–Kier alpha value is -3.92. The zero-order chi connectivity index (χ0) is 24.1. The largest absolute Gasteiger partial charge is 0.489 e. The summed E-state index contributed by atoms with van der Waals surface area (Å²) in [7, 11) is 0. The van der Waals surface area contributed by atoms with Crippen LogP contribution in [0.25, 0.3) is 11.4 Å². The highest BCUT2D eigenvalue weighted by Crippen LogP contribution is 2.30. The number of nitrogens with zero attached hydrogens (tertiary/aromatic N) is 4. The van der Waals surface area contributed by atoms with Crippen molar-refractivity contribution in [3.05, 3.63) is 88.9 Å². The van der Waals surface area contributed by atoms with Crippen molar-refractivity contribution >= 4 is 23.2 Å². The molecule has 0 saturated carbocycles. The number of amides is 1. The quantitative estimate of drug-likeness (QED) is 0.386. The van der Waals surface area contributed by atoms with Crippen LogP contribution < -0.4 is 10.1 Å². The van der Waals surface area contributed by atoms with E-state index in [1.807, 2.05) is 0 Å². The molecule has 11 heteroatoms. The SMILES string of the molecule is O=C(Cn1nnc(-c2ccc(OCc3cccc(C(F)(F)F)c3)cc2)n1)Nc1ccccc1Cl. The van der Waals surface area contributed by atoms with E-state index in [1.165, 1.54) is 6.07 Å². The number of aromatic nitrogens is 4. The van der Waals surface area contributed by atoms with E-state index in [-0.39, 0.29) is 19.1 Å². The van der Waals surface area contributed by atoms with E-state index >= 15 is 0 Å². The monoisotopic (exact) mass is 487 g/mol. The molecule has 0 radical (unpaired) electrons. The van der Waals surface area contributed by atoms with Crippen LogP contribution in [0.1, 0.15) is 11.1 Å². The van der Waals surface area contributed by atoms with Crippen LogP contribution in [-0.2, 0) is 24.1 Å². The molecule has 7 nitrogen and oxygen atoms in total. The number of nitrogens with one attached hydrogen (secondary N) is 1. The summed E-state index contributed by atoms with van der Waals surface area (Å²) in [5.74, 6) is 0.401. The number of hydrogen-bond donors (Lipinski definition) is 1. The van der Waals surface area contributed by atoms with Gasteiger partial charge < -0.3 is 10.1 Å². The maximum absolute atomic E-state index is 12.8. The van der Waals surface area contributed by atoms with E-state index < -0.39 is 11.7 Å². The summed E-state index contributed by atoms with van der Waals surface area (Å²) in [5, 5.41) is 15.1. The topological polar surface area (TPSA) is 81.9 Å². The highest BCUT2D eigenvalue weighted by atomic mass is 35.5. The first-order chi connectivity index (χ1) is 16.3. The molecular formula is C23H17ClF3N5O2. The van der Waals surface area contributed by atoms with Crippen LogP contribution in [0.2, 0.25) is 5.02 Å². The Morgan fingerprint density at radius 1 is 1.03 bits per heavy atom. The van der Waals surface area contributed by atoms with Crippen molar-refractivity contribution in [2.75, 3.05) is 5.32 Å². The van der Waals surface area contributed by atoms with Gasteiger partial charge in [0.15, 0.2) is 0 Å². The summed E-state index contributed by atoms with van der Waals surface area (Å²) in [5.41, 5.74) is 0.789. The van der Waals surface area contributed by atoms with Gasteiger partial charge in [-0.3, -0.25) is 4.79 Å². The number of carbonyl (C=O) groups excluding carboxylic acids is 1. The van der Waals surface area contributed by atoms with Gasteiger partial charge in [0.25, 0.3) is 0 Å². The Balaban J connectivity index is 1.34. The van der Waals surface area contributed by atoms with Gasteiger partial charge in [-0.25, -0.2) is 0 Å². The van der Waals surface area contributed by atoms with Crippen LogP contribution in [0.3, 0.4) is 0 Å². The fourth-order valence-corrected chi connectivity index (χ4v) is 3.19. The second-order valence-electron chi connectivity index (χ2n) is 7.18. The van der Waals surface area contributed by atoms with Crippen molar-refractivity contribution in [2.45, 2.75) is 19.3 Å². The number of tetrazole rings is 1. The van der Waals surface area contributed by atoms with E-state index in [0.717, 1.165) is 16.9 Å². The summed E-state index contributed by atoms with van der Waals surface area (Å²) in [6.07, 6.45) is -4.41. The number of rotatable bonds is 7. The minimum absolute atomic E-state index is 0.0156. The number of anilines is 1. The van der Waals surface area contributed by atoms with Crippen LogP contribution in [0, 0.1) is 0 Å². The standard InChI is InChI=1S/C23H17ClF3N5O2/c24-19-6-1-2-7-20(19)28-21(33)13-32-30-22(29-31-32)16-8-10-18(11-9-16)34-14-15-4-3-5-17(12-15)23(25,26)27/h1-12H,13-14H2,(H,28,33). The molecule has 0 fully saturated rings. The molecule has 0 saturated heterocycles. The van der Waals surface area contributed by atoms with Crippen LogP contribution in [0.15, 0.2) is 72.8 Å². The molecule has 1 N–H and O–H groups in total. The molecule has 1 aromatic heterocycles. The molecule has 4 aromatic rings. The third-order valence-electron chi connectivity index (χ3n) is 4.66. The lowest BCUT2D eigenvalue weighted by Gasteiger charge is -2.10. The van der Waals surface area contributed by atoms with Crippen molar-refractivity contribution in [1.29, 1.82) is 0 Å². The van der Waals surface area contributed by atoms with Gasteiger partial charge in [-0.15, -0.1) is 10.2 Å². The smallest absolute Gasteiger partial charge is 0.416 e. The molecule has 0 aliphatic rings. The highest BCUT2D eigenvalue weighted by Gasteiger charge is 2.30. The molecular weight excluding hydrogens is 471 g/mol. The lowest BCUT2D eigenvalue weighted by molar-refractivity contribution is -0.137. The number of ether oxygens (including phenoxy) is 1. The molecule has 4 rings (SSSR count). The lowest BCUT2D eigenvalue weighted by atomic mass is 10.1. The molecule has 1 amide bonds. The number of hydrogen-bond acceptors (Lipinski definition) is 5. The summed E-state index contributed by atoms with van der Waals surface area (Å²) < 4.78 is 44.1. The summed E-state index contributed by atoms with van der Waals surface area (Å²) in [4.78, 5) is 13.4. The van der Waals surface area contributed by atoms with Gasteiger partial charge in [0, 0.05) is 5.56 Å². The second kappa shape index (κ2) is 9.92. The molecule has 34 heavy (non-hydrogen) atoms. The van der Waals surface area contributed by atoms with E-state index in [0.29, 0.717) is 33.4 Å². The lowest BCUT2D eigenvalue weighted by Crippen LogP contribution is -2.20. The maximum Gasteiger partial charge on any atom is 0.416 e. The van der Waals surface area contributed by atoms with Gasteiger partial charge >= 0.3 is 6.18 Å². The number of carbonyl (C=O) groups is 1. The number of benzene rings is 3. The van der Waals surface area contributed by atoms with Crippen molar-refractivity contribution in [1.82, 2.24) is 20.2 Å². The normalized spacial score (nSPS) is 11.3. The number of para-hydroxylation sites is 1. The molecule has 0 spiro atoms. The molecule has 0 aliphatic carbocycles. The van der Waals surface area contributed by atoms with Crippen LogP contribution in [-0.4, -0.2) is 26.1 Å². The zero-order valence-corrected chi connectivity index (χ0v) is 18.2. The Kier molecular flexibility index (Phi) is 6.78. The fraction of sp³-hybridized carbons (Fsp3) is 0.130. The van der Waals surface area contributed by atoms with E-state index in [4.69, 9.17) is 16.3 Å². The van der Waals surface area contributed by atoms with E-state index in [9.17, 15) is 18.0 Å². The fourth-order valence-electron chi connectivity index (χ4n) is 3.01. The maximum atomic E-state index is 12.8. The van der Waals surface area contributed by atoms with Crippen molar-refractivity contribution in [3.8, 4) is 17.1 Å². The van der Waals surface area contributed by atoms with E-state index in [1.54, 1.807) is 54.6 Å². The predicted molar refractivity (Wildman–Crippen MR) is 119 cm³/mol. The average Bonchev–Trinajstić information content (AvgIpc) is 3.27. The predicted octanol–water partition coefficient (Wildman–Crippen LogP) is 5.23. The van der Waals surface area contributed by atoms with Crippen molar-refractivity contribution < 1.29 is 22.7 Å². The summed E-state index contributed by atoms with van der Waals surface area (Å²) in [6, 6.07) is 18.5.